The Kier molecular flexibility index (Phi) is 5.31. The van der Waals surface area contributed by atoms with Gasteiger partial charge in [0.25, 0.3) is 0 Å². The first kappa shape index (κ1) is 18.7. The van der Waals surface area contributed by atoms with Crippen LogP contribution in [0.4, 0.5) is 13.2 Å². The maximum atomic E-state index is 12.8. The molecule has 2 nitrogen and oxygen atoms in total. The molecule has 0 aliphatic carbocycles. The topological polar surface area (TPSA) is 30.2 Å². The summed E-state index contributed by atoms with van der Waals surface area (Å²) in [5.74, 6) is 0.524. The van der Waals surface area contributed by atoms with E-state index in [-0.39, 0.29) is 5.78 Å². The number of halogens is 3. The zero-order valence-corrected chi connectivity index (χ0v) is 14.6. The monoisotopic (exact) mass is 370 g/mol. The van der Waals surface area contributed by atoms with Gasteiger partial charge in [-0.2, -0.15) is 13.2 Å². The first-order chi connectivity index (χ1) is 12.9. The number of alkyl halides is 3. The lowest BCUT2D eigenvalue weighted by molar-refractivity contribution is -0.137. The van der Waals surface area contributed by atoms with Crippen molar-refractivity contribution in [2.24, 2.45) is 0 Å². The molecule has 0 fully saturated rings. The SMILES string of the molecule is CCc1ccc(C(=O)C=Cc2ccc(-c3cccc(C(F)(F)F)c3)o2)cc1. The van der Waals surface area contributed by atoms with Crippen molar-refractivity contribution in [3.05, 3.63) is 89.2 Å². The Hall–Kier alpha value is -3.08. The van der Waals surface area contributed by atoms with Crippen LogP contribution in [-0.2, 0) is 12.6 Å². The second-order valence-electron chi connectivity index (χ2n) is 6.03. The Bertz CT molecular complexity index is 964. The van der Waals surface area contributed by atoms with Crippen LogP contribution in [0, 0.1) is 0 Å². The first-order valence-corrected chi connectivity index (χ1v) is 8.45. The number of hydrogen-bond acceptors (Lipinski definition) is 2. The van der Waals surface area contributed by atoms with Gasteiger partial charge in [-0.05, 0) is 48.4 Å². The molecular formula is C22H17F3O2. The van der Waals surface area contributed by atoms with Crippen LogP contribution in [0.3, 0.4) is 0 Å². The number of aryl methyl sites for hydroxylation is 1. The van der Waals surface area contributed by atoms with E-state index in [0.717, 1.165) is 24.1 Å². The van der Waals surface area contributed by atoms with Gasteiger partial charge in [0.05, 0.1) is 5.56 Å². The fourth-order valence-corrected chi connectivity index (χ4v) is 2.61. The standard InChI is InChI=1S/C22H17F3O2/c1-2-15-6-8-16(9-7-15)20(26)12-10-19-11-13-21(27-19)17-4-3-5-18(14-17)22(23,24)25/h3-14H,2H2,1H3. The number of furan rings is 1. The van der Waals surface area contributed by atoms with Crippen LogP contribution in [0.5, 0.6) is 0 Å². The van der Waals surface area contributed by atoms with E-state index < -0.39 is 11.7 Å². The number of rotatable bonds is 5. The summed E-state index contributed by atoms with van der Waals surface area (Å²) in [7, 11) is 0. The van der Waals surface area contributed by atoms with Crippen molar-refractivity contribution in [2.45, 2.75) is 19.5 Å². The quantitative estimate of drug-likeness (QED) is 0.383. The van der Waals surface area contributed by atoms with Gasteiger partial charge in [-0.1, -0.05) is 43.3 Å². The molecule has 0 aliphatic heterocycles. The van der Waals surface area contributed by atoms with Crippen LogP contribution in [0.1, 0.15) is 34.2 Å². The molecule has 3 aromatic rings. The normalized spacial score (nSPS) is 11.9. The third-order valence-electron chi connectivity index (χ3n) is 4.15. The summed E-state index contributed by atoms with van der Waals surface area (Å²) in [4.78, 5) is 12.2. The zero-order chi connectivity index (χ0) is 19.4. The third kappa shape index (κ3) is 4.56. The number of allylic oxidation sites excluding steroid dienone is 1. The number of benzene rings is 2. The molecule has 0 spiro atoms. The van der Waals surface area contributed by atoms with E-state index in [0.29, 0.717) is 22.6 Å². The highest BCUT2D eigenvalue weighted by Crippen LogP contribution is 2.32. The van der Waals surface area contributed by atoms with Crippen LogP contribution in [0.15, 0.2) is 71.2 Å². The van der Waals surface area contributed by atoms with Gasteiger partial charge in [0.1, 0.15) is 11.5 Å². The molecule has 138 valence electrons. The molecule has 27 heavy (non-hydrogen) atoms. The highest BCUT2D eigenvalue weighted by atomic mass is 19.4. The molecule has 1 aromatic heterocycles. The number of carbonyl (C=O) groups is 1. The molecule has 3 rings (SSSR count). The van der Waals surface area contributed by atoms with Gasteiger partial charge in [-0.25, -0.2) is 0 Å². The predicted molar refractivity (Wildman–Crippen MR) is 98.3 cm³/mol. The minimum Gasteiger partial charge on any atom is -0.457 e. The molecule has 5 heteroatoms. The Morgan fingerprint density at radius 2 is 1.78 bits per heavy atom. The van der Waals surface area contributed by atoms with Gasteiger partial charge in [-0.3, -0.25) is 4.79 Å². The van der Waals surface area contributed by atoms with Gasteiger partial charge in [0, 0.05) is 11.1 Å². The second-order valence-corrected chi connectivity index (χ2v) is 6.03. The van der Waals surface area contributed by atoms with E-state index in [4.69, 9.17) is 4.42 Å². The van der Waals surface area contributed by atoms with Crippen molar-refractivity contribution < 1.29 is 22.4 Å². The maximum Gasteiger partial charge on any atom is 0.416 e. The molecule has 0 saturated carbocycles. The smallest absolute Gasteiger partial charge is 0.416 e. The molecule has 0 atom stereocenters. The van der Waals surface area contributed by atoms with E-state index in [9.17, 15) is 18.0 Å². The van der Waals surface area contributed by atoms with Gasteiger partial charge in [0.2, 0.25) is 0 Å². The van der Waals surface area contributed by atoms with Gasteiger partial charge < -0.3 is 4.42 Å². The van der Waals surface area contributed by atoms with Crippen LogP contribution >= 0.6 is 0 Å². The summed E-state index contributed by atoms with van der Waals surface area (Å²) in [6, 6.07) is 15.4. The van der Waals surface area contributed by atoms with Crippen molar-refractivity contribution in [3.8, 4) is 11.3 Å². The Balaban J connectivity index is 1.76. The van der Waals surface area contributed by atoms with Crippen molar-refractivity contribution in [2.75, 3.05) is 0 Å². The molecule has 0 amide bonds. The lowest BCUT2D eigenvalue weighted by Crippen LogP contribution is -2.04. The van der Waals surface area contributed by atoms with Crippen molar-refractivity contribution in [1.29, 1.82) is 0 Å². The van der Waals surface area contributed by atoms with E-state index in [1.54, 1.807) is 30.3 Å². The molecule has 2 aromatic carbocycles. The second kappa shape index (κ2) is 7.66. The van der Waals surface area contributed by atoms with Crippen LogP contribution in [0.2, 0.25) is 0 Å². The van der Waals surface area contributed by atoms with E-state index in [2.05, 4.69) is 0 Å². The molecule has 0 saturated heterocycles. The van der Waals surface area contributed by atoms with Crippen LogP contribution in [-0.4, -0.2) is 5.78 Å². The maximum absolute atomic E-state index is 12.8. The average molecular weight is 370 g/mol. The molecule has 1 heterocycles. The third-order valence-corrected chi connectivity index (χ3v) is 4.15. The molecule has 0 aliphatic rings. The summed E-state index contributed by atoms with van der Waals surface area (Å²) in [6.07, 6.45) is -0.622. The van der Waals surface area contributed by atoms with Crippen LogP contribution < -0.4 is 0 Å². The highest BCUT2D eigenvalue weighted by Gasteiger charge is 2.30. The number of hydrogen-bond donors (Lipinski definition) is 0. The van der Waals surface area contributed by atoms with Crippen LogP contribution in [0.25, 0.3) is 17.4 Å². The van der Waals surface area contributed by atoms with Gasteiger partial charge in [-0.15, -0.1) is 0 Å². The summed E-state index contributed by atoms with van der Waals surface area (Å²) in [5, 5.41) is 0. The highest BCUT2D eigenvalue weighted by molar-refractivity contribution is 6.06. The van der Waals surface area contributed by atoms with E-state index in [1.165, 1.54) is 18.2 Å². The minimum atomic E-state index is -4.41. The molecule has 0 unspecified atom stereocenters. The van der Waals surface area contributed by atoms with E-state index >= 15 is 0 Å². The Labute approximate surface area is 154 Å². The van der Waals surface area contributed by atoms with Gasteiger partial charge in [0.15, 0.2) is 5.78 Å². The Morgan fingerprint density at radius 1 is 1.04 bits per heavy atom. The van der Waals surface area contributed by atoms with Gasteiger partial charge >= 0.3 is 6.18 Å². The lowest BCUT2D eigenvalue weighted by Gasteiger charge is -2.07. The molecule has 0 N–H and O–H groups in total. The van der Waals surface area contributed by atoms with E-state index in [1.807, 2.05) is 19.1 Å². The lowest BCUT2D eigenvalue weighted by atomic mass is 10.1. The molecule has 0 radical (unpaired) electrons. The summed E-state index contributed by atoms with van der Waals surface area (Å²) in [6.45, 7) is 2.04. The van der Waals surface area contributed by atoms with Crippen molar-refractivity contribution in [1.82, 2.24) is 0 Å². The summed E-state index contributed by atoms with van der Waals surface area (Å²) in [5.41, 5.74) is 1.30. The number of carbonyl (C=O) groups excluding carboxylic acids is 1. The summed E-state index contributed by atoms with van der Waals surface area (Å²) >= 11 is 0. The first-order valence-electron chi connectivity index (χ1n) is 8.45. The average Bonchev–Trinajstić information content (AvgIpc) is 3.15. The summed E-state index contributed by atoms with van der Waals surface area (Å²) < 4.78 is 44.0. The minimum absolute atomic E-state index is 0.172. The fourth-order valence-electron chi connectivity index (χ4n) is 2.61. The molecule has 0 bridgehead atoms. The fraction of sp³-hybridized carbons (Fsp3) is 0.136. The Morgan fingerprint density at radius 3 is 2.44 bits per heavy atom. The number of ketones is 1. The van der Waals surface area contributed by atoms with Crippen molar-refractivity contribution >= 4 is 11.9 Å². The van der Waals surface area contributed by atoms with Crippen molar-refractivity contribution in [3.63, 3.8) is 0 Å². The zero-order valence-electron chi connectivity index (χ0n) is 14.6. The molecular weight excluding hydrogens is 353 g/mol. The predicted octanol–water partition coefficient (Wildman–Crippen LogP) is 6.42. The largest absolute Gasteiger partial charge is 0.457 e.